The molecular formula is C10H13F3N2O. The van der Waals surface area contributed by atoms with E-state index in [2.05, 4.69) is 4.98 Å². The number of aromatic nitrogens is 1. The van der Waals surface area contributed by atoms with Crippen LogP contribution in [0, 0.1) is 6.92 Å². The first-order chi connectivity index (χ1) is 7.34. The number of hydrogen-bond acceptors (Lipinski definition) is 3. The van der Waals surface area contributed by atoms with Gasteiger partial charge in [0.2, 0.25) is 5.88 Å². The van der Waals surface area contributed by atoms with Crippen LogP contribution in [0.25, 0.3) is 0 Å². The molecule has 3 nitrogen and oxygen atoms in total. The second-order valence-corrected chi connectivity index (χ2v) is 3.42. The van der Waals surface area contributed by atoms with Gasteiger partial charge >= 0.3 is 6.18 Å². The summed E-state index contributed by atoms with van der Waals surface area (Å²) in [4.78, 5) is 3.90. The highest BCUT2D eigenvalue weighted by Gasteiger charge is 2.38. The molecule has 1 aromatic rings. The number of alkyl halides is 3. The van der Waals surface area contributed by atoms with Gasteiger partial charge in [-0.05, 0) is 19.9 Å². The zero-order valence-corrected chi connectivity index (χ0v) is 9.01. The Bertz CT molecular complexity index is 366. The van der Waals surface area contributed by atoms with Crippen molar-refractivity contribution in [1.29, 1.82) is 0 Å². The molecule has 1 unspecified atom stereocenters. The fourth-order valence-electron chi connectivity index (χ4n) is 1.05. The molecule has 0 bridgehead atoms. The van der Waals surface area contributed by atoms with E-state index in [0.717, 1.165) is 6.92 Å². The Hall–Kier alpha value is -1.30. The zero-order chi connectivity index (χ0) is 12.3. The minimum atomic E-state index is -4.41. The van der Waals surface area contributed by atoms with Crippen molar-refractivity contribution in [2.75, 3.05) is 0 Å². The van der Waals surface area contributed by atoms with Gasteiger partial charge in [-0.3, -0.25) is 0 Å². The quantitative estimate of drug-likeness (QED) is 0.872. The fourth-order valence-corrected chi connectivity index (χ4v) is 1.05. The Morgan fingerprint density at radius 1 is 1.44 bits per heavy atom. The van der Waals surface area contributed by atoms with Crippen LogP contribution in [0.5, 0.6) is 5.88 Å². The normalized spacial score (nSPS) is 13.6. The van der Waals surface area contributed by atoms with Gasteiger partial charge in [0.05, 0.1) is 0 Å². The number of hydrogen-bond donors (Lipinski definition) is 1. The highest BCUT2D eigenvalue weighted by Crippen LogP contribution is 2.25. The lowest BCUT2D eigenvalue weighted by molar-refractivity contribution is -0.190. The average Bonchev–Trinajstić information content (AvgIpc) is 2.16. The van der Waals surface area contributed by atoms with Crippen LogP contribution in [0.15, 0.2) is 12.1 Å². The van der Waals surface area contributed by atoms with Crippen LogP contribution >= 0.6 is 0 Å². The highest BCUT2D eigenvalue weighted by atomic mass is 19.4. The van der Waals surface area contributed by atoms with E-state index in [1.807, 2.05) is 0 Å². The number of ether oxygens (including phenoxy) is 1. The molecule has 0 amide bonds. The number of nitrogens with zero attached hydrogens (tertiary/aromatic N) is 1. The summed E-state index contributed by atoms with van der Waals surface area (Å²) >= 11 is 0. The van der Waals surface area contributed by atoms with E-state index in [4.69, 9.17) is 10.5 Å². The molecule has 1 rings (SSSR count). The van der Waals surface area contributed by atoms with Crippen LogP contribution in [-0.4, -0.2) is 17.3 Å². The van der Waals surface area contributed by atoms with Crippen LogP contribution in [0.3, 0.4) is 0 Å². The van der Waals surface area contributed by atoms with Gasteiger partial charge in [-0.15, -0.1) is 0 Å². The summed E-state index contributed by atoms with van der Waals surface area (Å²) in [6, 6.07) is 3.29. The van der Waals surface area contributed by atoms with E-state index in [0.29, 0.717) is 11.3 Å². The molecule has 0 spiro atoms. The molecule has 6 heteroatoms. The Morgan fingerprint density at radius 2 is 2.06 bits per heavy atom. The smallest absolute Gasteiger partial charge is 0.425 e. The van der Waals surface area contributed by atoms with E-state index in [1.165, 1.54) is 0 Å². The van der Waals surface area contributed by atoms with Crippen LogP contribution in [-0.2, 0) is 6.54 Å². The summed E-state index contributed by atoms with van der Waals surface area (Å²) < 4.78 is 41.6. The summed E-state index contributed by atoms with van der Waals surface area (Å²) in [5.74, 6) is -0.0488. The second kappa shape index (κ2) is 4.69. The van der Waals surface area contributed by atoms with Gasteiger partial charge in [0.1, 0.15) is 0 Å². The molecule has 0 aromatic carbocycles. The van der Waals surface area contributed by atoms with Crippen molar-refractivity contribution in [2.45, 2.75) is 32.7 Å². The molecule has 0 saturated carbocycles. The lowest BCUT2D eigenvalue weighted by atomic mass is 10.2. The minimum Gasteiger partial charge on any atom is -0.465 e. The van der Waals surface area contributed by atoms with Crippen LogP contribution in [0.4, 0.5) is 13.2 Å². The number of halogens is 3. The topological polar surface area (TPSA) is 48.1 Å². The predicted octanol–water partition coefficient (Wildman–Crippen LogP) is 2.18. The van der Waals surface area contributed by atoms with Crippen molar-refractivity contribution in [3.8, 4) is 5.88 Å². The molecule has 1 aromatic heterocycles. The molecule has 1 heterocycles. The molecule has 90 valence electrons. The van der Waals surface area contributed by atoms with Crippen molar-refractivity contribution in [2.24, 2.45) is 5.73 Å². The largest absolute Gasteiger partial charge is 0.465 e. The number of nitrogens with two attached hydrogens (primary N) is 1. The Morgan fingerprint density at radius 3 is 2.56 bits per heavy atom. The maximum absolute atomic E-state index is 12.3. The second-order valence-electron chi connectivity index (χ2n) is 3.42. The monoisotopic (exact) mass is 234 g/mol. The molecule has 2 N–H and O–H groups in total. The number of pyridine rings is 1. The summed E-state index contributed by atoms with van der Waals surface area (Å²) in [6.45, 7) is 2.70. The number of aryl methyl sites for hydroxylation is 1. The zero-order valence-electron chi connectivity index (χ0n) is 9.01. The molecule has 0 aliphatic rings. The van der Waals surface area contributed by atoms with Gasteiger partial charge in [-0.1, -0.05) is 6.07 Å². The van der Waals surface area contributed by atoms with E-state index in [1.54, 1.807) is 19.1 Å². The molecule has 1 atom stereocenters. The SMILES string of the molecule is Cc1ccc(CN)c(OC(C)C(F)(F)F)n1. The average molecular weight is 234 g/mol. The van der Waals surface area contributed by atoms with Crippen LogP contribution < -0.4 is 10.5 Å². The molecule has 16 heavy (non-hydrogen) atoms. The molecule has 0 fully saturated rings. The van der Waals surface area contributed by atoms with Crippen molar-refractivity contribution in [1.82, 2.24) is 4.98 Å². The summed E-state index contributed by atoms with van der Waals surface area (Å²) in [5.41, 5.74) is 6.43. The van der Waals surface area contributed by atoms with E-state index < -0.39 is 12.3 Å². The van der Waals surface area contributed by atoms with Gasteiger partial charge in [-0.25, -0.2) is 4.98 Å². The Balaban J connectivity index is 2.91. The van der Waals surface area contributed by atoms with Gasteiger partial charge in [0.25, 0.3) is 0 Å². The van der Waals surface area contributed by atoms with Gasteiger partial charge in [0, 0.05) is 17.8 Å². The van der Waals surface area contributed by atoms with Crippen molar-refractivity contribution in [3.63, 3.8) is 0 Å². The van der Waals surface area contributed by atoms with E-state index in [-0.39, 0.29) is 12.4 Å². The minimum absolute atomic E-state index is 0.0488. The molecule has 0 saturated heterocycles. The first kappa shape index (κ1) is 12.8. The third kappa shape index (κ3) is 3.10. The summed E-state index contributed by atoms with van der Waals surface area (Å²) in [7, 11) is 0. The Labute approximate surface area is 91.4 Å². The molecular weight excluding hydrogens is 221 g/mol. The van der Waals surface area contributed by atoms with Gasteiger partial charge < -0.3 is 10.5 Å². The first-order valence-electron chi connectivity index (χ1n) is 4.74. The van der Waals surface area contributed by atoms with E-state index >= 15 is 0 Å². The molecule has 0 aliphatic heterocycles. The first-order valence-corrected chi connectivity index (χ1v) is 4.74. The van der Waals surface area contributed by atoms with Crippen molar-refractivity contribution in [3.05, 3.63) is 23.4 Å². The van der Waals surface area contributed by atoms with Crippen molar-refractivity contribution < 1.29 is 17.9 Å². The fraction of sp³-hybridized carbons (Fsp3) is 0.500. The molecule has 0 radical (unpaired) electrons. The standard InChI is InChI=1S/C10H13F3N2O/c1-6-3-4-8(5-14)9(15-6)16-7(2)10(11,12)13/h3-4,7H,5,14H2,1-2H3. The van der Waals surface area contributed by atoms with E-state index in [9.17, 15) is 13.2 Å². The van der Waals surface area contributed by atoms with Gasteiger partial charge in [0.15, 0.2) is 6.10 Å². The maximum atomic E-state index is 12.3. The Kier molecular flexibility index (Phi) is 3.74. The summed E-state index contributed by atoms with van der Waals surface area (Å²) in [6.07, 6.45) is -6.30. The molecule has 0 aliphatic carbocycles. The van der Waals surface area contributed by atoms with Crippen LogP contribution in [0.1, 0.15) is 18.2 Å². The lowest BCUT2D eigenvalue weighted by Gasteiger charge is -2.18. The van der Waals surface area contributed by atoms with Crippen molar-refractivity contribution >= 4 is 0 Å². The predicted molar refractivity (Wildman–Crippen MR) is 53.0 cm³/mol. The maximum Gasteiger partial charge on any atom is 0.425 e. The number of rotatable bonds is 3. The lowest BCUT2D eigenvalue weighted by Crippen LogP contribution is -2.32. The summed E-state index contributed by atoms with van der Waals surface area (Å²) in [5, 5.41) is 0. The third-order valence-electron chi connectivity index (χ3n) is 2.05. The third-order valence-corrected chi connectivity index (χ3v) is 2.05. The van der Waals surface area contributed by atoms with Crippen LogP contribution in [0.2, 0.25) is 0 Å². The highest BCUT2D eigenvalue weighted by molar-refractivity contribution is 5.28. The van der Waals surface area contributed by atoms with Gasteiger partial charge in [-0.2, -0.15) is 13.2 Å².